The molecule has 1 N–H and O–H groups in total. The van der Waals surface area contributed by atoms with Crippen molar-refractivity contribution < 1.29 is 4.42 Å². The molecule has 0 aliphatic heterocycles. The quantitative estimate of drug-likeness (QED) is 0.863. The molecule has 0 aromatic carbocycles. The topological polar surface area (TPSA) is 38.1 Å². The van der Waals surface area contributed by atoms with E-state index in [4.69, 9.17) is 4.42 Å². The number of thiazole rings is 1. The molecule has 0 bridgehead atoms. The minimum Gasteiger partial charge on any atom is -0.460 e. The molecule has 15 heavy (non-hydrogen) atoms. The van der Waals surface area contributed by atoms with Gasteiger partial charge in [0.1, 0.15) is 11.5 Å². The molecule has 4 heteroatoms. The van der Waals surface area contributed by atoms with Crippen LogP contribution in [0.3, 0.4) is 0 Å². The molecular formula is C11H14N2OS. The number of hydrogen-bond donors (Lipinski definition) is 1. The van der Waals surface area contributed by atoms with Gasteiger partial charge in [-0.1, -0.05) is 0 Å². The van der Waals surface area contributed by atoms with Gasteiger partial charge in [-0.25, -0.2) is 4.98 Å². The van der Waals surface area contributed by atoms with E-state index in [0.717, 1.165) is 35.2 Å². The number of nitrogens with one attached hydrogen (secondary N) is 1. The SMILES string of the molecule is CNCCc1nc(-c2ccc(C)o2)cs1. The molecule has 0 amide bonds. The summed E-state index contributed by atoms with van der Waals surface area (Å²) in [5.74, 6) is 1.79. The minimum absolute atomic E-state index is 0.861. The lowest BCUT2D eigenvalue weighted by Crippen LogP contribution is -2.09. The second-order valence-corrected chi connectivity index (χ2v) is 4.33. The Morgan fingerprint density at radius 1 is 1.47 bits per heavy atom. The van der Waals surface area contributed by atoms with E-state index in [9.17, 15) is 0 Å². The van der Waals surface area contributed by atoms with E-state index >= 15 is 0 Å². The van der Waals surface area contributed by atoms with E-state index in [1.807, 2.05) is 31.5 Å². The molecule has 0 radical (unpaired) electrons. The molecule has 0 saturated carbocycles. The summed E-state index contributed by atoms with van der Waals surface area (Å²) in [5.41, 5.74) is 0.944. The van der Waals surface area contributed by atoms with Crippen molar-refractivity contribution in [2.24, 2.45) is 0 Å². The highest BCUT2D eigenvalue weighted by Gasteiger charge is 2.07. The molecule has 2 rings (SSSR count). The average molecular weight is 222 g/mol. The van der Waals surface area contributed by atoms with E-state index in [0.29, 0.717) is 0 Å². The molecule has 0 fully saturated rings. The molecule has 0 aliphatic carbocycles. The first-order chi connectivity index (χ1) is 7.29. The first-order valence-corrected chi connectivity index (χ1v) is 5.83. The summed E-state index contributed by atoms with van der Waals surface area (Å²) >= 11 is 1.68. The first-order valence-electron chi connectivity index (χ1n) is 4.95. The van der Waals surface area contributed by atoms with Crippen LogP contribution < -0.4 is 5.32 Å². The van der Waals surface area contributed by atoms with Gasteiger partial charge in [0.05, 0.1) is 5.01 Å². The van der Waals surface area contributed by atoms with Crippen LogP contribution in [0.15, 0.2) is 21.9 Å². The van der Waals surface area contributed by atoms with Crippen LogP contribution >= 0.6 is 11.3 Å². The number of aryl methyl sites for hydroxylation is 1. The van der Waals surface area contributed by atoms with Gasteiger partial charge in [0.15, 0.2) is 5.76 Å². The molecule has 0 saturated heterocycles. The van der Waals surface area contributed by atoms with E-state index in [-0.39, 0.29) is 0 Å². The maximum atomic E-state index is 5.52. The van der Waals surface area contributed by atoms with Crippen molar-refractivity contribution in [1.82, 2.24) is 10.3 Å². The van der Waals surface area contributed by atoms with Crippen LogP contribution in [-0.2, 0) is 6.42 Å². The van der Waals surface area contributed by atoms with Gasteiger partial charge in [-0.3, -0.25) is 0 Å². The van der Waals surface area contributed by atoms with Crippen molar-refractivity contribution in [2.45, 2.75) is 13.3 Å². The lowest BCUT2D eigenvalue weighted by Gasteiger charge is -1.93. The van der Waals surface area contributed by atoms with Crippen molar-refractivity contribution >= 4 is 11.3 Å². The molecular weight excluding hydrogens is 208 g/mol. The summed E-state index contributed by atoms with van der Waals surface area (Å²) in [5, 5.41) is 6.30. The van der Waals surface area contributed by atoms with Crippen LogP contribution in [0.5, 0.6) is 0 Å². The van der Waals surface area contributed by atoms with E-state index in [1.165, 1.54) is 0 Å². The zero-order valence-electron chi connectivity index (χ0n) is 8.91. The van der Waals surface area contributed by atoms with Crippen LogP contribution in [0.4, 0.5) is 0 Å². The maximum Gasteiger partial charge on any atom is 0.153 e. The number of furan rings is 1. The minimum atomic E-state index is 0.861. The van der Waals surface area contributed by atoms with Gasteiger partial charge in [-0.15, -0.1) is 11.3 Å². The Balaban J connectivity index is 2.13. The van der Waals surface area contributed by atoms with Crippen LogP contribution in [0.1, 0.15) is 10.8 Å². The Morgan fingerprint density at radius 2 is 2.33 bits per heavy atom. The number of likely N-dealkylation sites (N-methyl/N-ethyl adjacent to an activating group) is 1. The molecule has 0 spiro atoms. The lowest BCUT2D eigenvalue weighted by atomic mass is 10.3. The summed E-state index contributed by atoms with van der Waals surface area (Å²) in [4.78, 5) is 4.52. The Bertz CT molecular complexity index is 433. The summed E-state index contributed by atoms with van der Waals surface area (Å²) in [6.45, 7) is 2.90. The number of rotatable bonds is 4. The fourth-order valence-corrected chi connectivity index (χ4v) is 2.13. The third kappa shape index (κ3) is 2.46. The number of hydrogen-bond acceptors (Lipinski definition) is 4. The second kappa shape index (κ2) is 4.59. The monoisotopic (exact) mass is 222 g/mol. The third-order valence-corrected chi connectivity index (χ3v) is 3.04. The first kappa shape index (κ1) is 10.4. The molecule has 2 aromatic heterocycles. The Morgan fingerprint density at radius 3 is 3.00 bits per heavy atom. The summed E-state index contributed by atoms with van der Waals surface area (Å²) < 4.78 is 5.52. The molecule has 0 unspecified atom stereocenters. The predicted octanol–water partition coefficient (Wildman–Crippen LogP) is 2.47. The maximum absolute atomic E-state index is 5.52. The van der Waals surface area contributed by atoms with Gasteiger partial charge >= 0.3 is 0 Å². The Hall–Kier alpha value is -1.13. The predicted molar refractivity (Wildman–Crippen MR) is 62.2 cm³/mol. The molecule has 0 atom stereocenters. The highest BCUT2D eigenvalue weighted by atomic mass is 32.1. The lowest BCUT2D eigenvalue weighted by molar-refractivity contribution is 0.546. The normalized spacial score (nSPS) is 10.8. The van der Waals surface area contributed by atoms with Gasteiger partial charge in [-0.2, -0.15) is 0 Å². The summed E-state index contributed by atoms with van der Waals surface area (Å²) in [6, 6.07) is 3.92. The number of aromatic nitrogens is 1. The third-order valence-electron chi connectivity index (χ3n) is 2.13. The fourth-order valence-electron chi connectivity index (χ4n) is 1.34. The smallest absolute Gasteiger partial charge is 0.153 e. The number of nitrogens with zero attached hydrogens (tertiary/aromatic N) is 1. The van der Waals surface area contributed by atoms with Crippen molar-refractivity contribution in [1.29, 1.82) is 0 Å². The molecule has 80 valence electrons. The van der Waals surface area contributed by atoms with Crippen molar-refractivity contribution in [2.75, 3.05) is 13.6 Å². The zero-order chi connectivity index (χ0) is 10.7. The Kier molecular flexibility index (Phi) is 3.18. The average Bonchev–Trinajstić information content (AvgIpc) is 2.83. The van der Waals surface area contributed by atoms with Crippen LogP contribution in [0.25, 0.3) is 11.5 Å². The van der Waals surface area contributed by atoms with Gasteiger partial charge < -0.3 is 9.73 Å². The fraction of sp³-hybridized carbons (Fsp3) is 0.364. The van der Waals surface area contributed by atoms with Gasteiger partial charge in [-0.05, 0) is 26.1 Å². The molecule has 2 heterocycles. The highest BCUT2D eigenvalue weighted by molar-refractivity contribution is 7.09. The highest BCUT2D eigenvalue weighted by Crippen LogP contribution is 2.23. The van der Waals surface area contributed by atoms with E-state index < -0.39 is 0 Å². The standard InChI is InChI=1S/C11H14N2OS/c1-8-3-4-10(14-8)9-7-15-11(13-9)5-6-12-2/h3-4,7,12H,5-6H2,1-2H3. The van der Waals surface area contributed by atoms with Crippen LogP contribution in [0.2, 0.25) is 0 Å². The van der Waals surface area contributed by atoms with Crippen molar-refractivity contribution in [3.63, 3.8) is 0 Å². The molecule has 2 aromatic rings. The van der Waals surface area contributed by atoms with Gasteiger partial charge in [0.2, 0.25) is 0 Å². The van der Waals surface area contributed by atoms with Crippen LogP contribution in [0, 0.1) is 6.92 Å². The summed E-state index contributed by atoms with van der Waals surface area (Å²) in [6.07, 6.45) is 0.973. The largest absolute Gasteiger partial charge is 0.460 e. The zero-order valence-corrected chi connectivity index (χ0v) is 9.73. The van der Waals surface area contributed by atoms with E-state index in [2.05, 4.69) is 10.3 Å². The van der Waals surface area contributed by atoms with Crippen molar-refractivity contribution in [3.05, 3.63) is 28.3 Å². The summed E-state index contributed by atoms with van der Waals surface area (Å²) in [7, 11) is 1.95. The van der Waals surface area contributed by atoms with Gasteiger partial charge in [0.25, 0.3) is 0 Å². The van der Waals surface area contributed by atoms with E-state index in [1.54, 1.807) is 11.3 Å². The van der Waals surface area contributed by atoms with Gasteiger partial charge in [0, 0.05) is 18.3 Å². The Labute approximate surface area is 93.2 Å². The van der Waals surface area contributed by atoms with Crippen molar-refractivity contribution in [3.8, 4) is 11.5 Å². The second-order valence-electron chi connectivity index (χ2n) is 3.39. The molecule has 3 nitrogen and oxygen atoms in total. The molecule has 0 aliphatic rings. The van der Waals surface area contributed by atoms with Crippen LogP contribution in [-0.4, -0.2) is 18.6 Å².